The zero-order valence-corrected chi connectivity index (χ0v) is 21.8. The summed E-state index contributed by atoms with van der Waals surface area (Å²) in [5.74, 6) is -0.582. The molecule has 3 fully saturated rings. The number of β-amino-alcohol motifs (C(OH)–C–C–N with tert-alkyl or cyclic N) is 1. The number of hydrogen-bond acceptors (Lipinski definition) is 5. The highest BCUT2D eigenvalue weighted by Gasteiger charge is 2.50. The summed E-state index contributed by atoms with van der Waals surface area (Å²) in [6.07, 6.45) is -0.227. The summed E-state index contributed by atoms with van der Waals surface area (Å²) in [5, 5.41) is 21.8. The van der Waals surface area contributed by atoms with Crippen LogP contribution in [0.5, 0.6) is 0 Å². The minimum absolute atomic E-state index is 0.0100. The lowest BCUT2D eigenvalue weighted by Crippen LogP contribution is -2.57. The molecule has 5 rings (SSSR count). The number of carbonyl (C=O) groups excluding carboxylic acids is 2. The second-order valence-electron chi connectivity index (χ2n) is 12.0. The van der Waals surface area contributed by atoms with Crippen LogP contribution < -0.4 is 5.32 Å². The van der Waals surface area contributed by atoms with Crippen LogP contribution in [0.1, 0.15) is 88.1 Å². The van der Waals surface area contributed by atoms with E-state index < -0.39 is 46.8 Å². The van der Waals surface area contributed by atoms with Gasteiger partial charge in [0.15, 0.2) is 0 Å². The highest BCUT2D eigenvalue weighted by molar-refractivity contribution is 5.90. The molecule has 2 aromatic rings. The van der Waals surface area contributed by atoms with Gasteiger partial charge in [-0.25, -0.2) is 4.68 Å². The maximum absolute atomic E-state index is 13.9. The van der Waals surface area contributed by atoms with Gasteiger partial charge in [-0.1, -0.05) is 44.2 Å². The lowest BCUT2D eigenvalue weighted by Gasteiger charge is -2.45. The number of amides is 2. The smallest absolute Gasteiger partial charge is 0.391 e. The Bertz CT molecular complexity index is 1210. The van der Waals surface area contributed by atoms with Crippen molar-refractivity contribution in [3.05, 3.63) is 47.3 Å². The van der Waals surface area contributed by atoms with Gasteiger partial charge < -0.3 is 15.3 Å². The van der Waals surface area contributed by atoms with E-state index in [1.807, 2.05) is 20.8 Å². The van der Waals surface area contributed by atoms with E-state index in [4.69, 9.17) is 0 Å². The molecular formula is C27H34F3N5O3. The van der Waals surface area contributed by atoms with Crippen LogP contribution in [0.2, 0.25) is 0 Å². The largest absolute Gasteiger partial charge is 0.416 e. The second-order valence-corrected chi connectivity index (χ2v) is 12.0. The van der Waals surface area contributed by atoms with E-state index in [-0.39, 0.29) is 24.4 Å². The molecule has 2 saturated carbocycles. The van der Waals surface area contributed by atoms with E-state index in [9.17, 15) is 27.9 Å². The Kier molecular flexibility index (Phi) is 6.56. The van der Waals surface area contributed by atoms with Gasteiger partial charge in [0.25, 0.3) is 0 Å². The quantitative estimate of drug-likeness (QED) is 0.587. The fourth-order valence-electron chi connectivity index (χ4n) is 5.78. The molecule has 2 unspecified atom stereocenters. The summed E-state index contributed by atoms with van der Waals surface area (Å²) in [5.41, 5.74) is -1.66. The average molecular weight is 534 g/mol. The maximum Gasteiger partial charge on any atom is 0.416 e. The van der Waals surface area contributed by atoms with Crippen molar-refractivity contribution in [2.24, 2.45) is 5.41 Å². The van der Waals surface area contributed by atoms with Crippen LogP contribution in [0.4, 0.5) is 13.2 Å². The van der Waals surface area contributed by atoms with Crippen molar-refractivity contribution in [2.45, 2.75) is 95.1 Å². The Labute approximate surface area is 219 Å². The minimum atomic E-state index is -4.56. The van der Waals surface area contributed by atoms with E-state index in [0.29, 0.717) is 25.2 Å². The van der Waals surface area contributed by atoms with Crippen molar-refractivity contribution < 1.29 is 27.9 Å². The first-order chi connectivity index (χ1) is 17.8. The first kappa shape index (κ1) is 26.6. The molecular weight excluding hydrogens is 499 g/mol. The molecule has 0 bridgehead atoms. The molecule has 206 valence electrons. The number of rotatable bonds is 6. The molecule has 2 heterocycles. The Balaban J connectivity index is 1.41. The fourth-order valence-corrected chi connectivity index (χ4v) is 5.78. The molecule has 2 N–H and O–H groups in total. The molecule has 38 heavy (non-hydrogen) atoms. The van der Waals surface area contributed by atoms with Crippen molar-refractivity contribution >= 4 is 11.8 Å². The number of nitrogens with zero attached hydrogens (tertiary/aromatic N) is 4. The number of aliphatic hydroxyl groups is 1. The number of hydrogen-bond donors (Lipinski definition) is 2. The van der Waals surface area contributed by atoms with E-state index in [1.54, 1.807) is 10.9 Å². The fraction of sp³-hybridized carbons (Fsp3) is 0.630. The molecule has 0 radical (unpaired) electrons. The van der Waals surface area contributed by atoms with E-state index in [1.165, 1.54) is 23.1 Å². The van der Waals surface area contributed by atoms with Gasteiger partial charge in [0, 0.05) is 25.1 Å². The van der Waals surface area contributed by atoms with Gasteiger partial charge in [0.2, 0.25) is 11.8 Å². The Morgan fingerprint density at radius 2 is 1.84 bits per heavy atom. The summed E-state index contributed by atoms with van der Waals surface area (Å²) in [7, 11) is 0. The van der Waals surface area contributed by atoms with Gasteiger partial charge in [-0.15, -0.1) is 5.10 Å². The second kappa shape index (κ2) is 9.36. The van der Waals surface area contributed by atoms with Crippen molar-refractivity contribution in [1.29, 1.82) is 0 Å². The number of nitrogens with one attached hydrogen (secondary N) is 1. The molecule has 3 atom stereocenters. The zero-order valence-electron chi connectivity index (χ0n) is 21.8. The Morgan fingerprint density at radius 1 is 1.16 bits per heavy atom. The van der Waals surface area contributed by atoms with Crippen LogP contribution in [-0.4, -0.2) is 55.5 Å². The van der Waals surface area contributed by atoms with Gasteiger partial charge in [-0.2, -0.15) is 13.2 Å². The molecule has 1 aliphatic heterocycles. The summed E-state index contributed by atoms with van der Waals surface area (Å²) in [6.45, 7) is 5.65. The zero-order chi connectivity index (χ0) is 27.5. The number of carbonyl (C=O) groups is 2. The standard InChI is InChI=1S/C27H34F3N5O3/c1-25(2,3)22(35-15-20(32-33-35)16-9-10-16)24(38)34-14-17(36)13-21(34)23(37)31-26(11-6-12-26)18-7-4-5-8-19(18)27(28,29)30/h4-5,7-8,15-17,21-22,36H,6,9-14H2,1-3H3,(H,31,37)/t17?,21?,22-/m1/s1. The number of benzene rings is 1. The van der Waals surface area contributed by atoms with Crippen LogP contribution in [0.15, 0.2) is 30.5 Å². The predicted molar refractivity (Wildman–Crippen MR) is 132 cm³/mol. The lowest BCUT2D eigenvalue weighted by molar-refractivity contribution is -0.145. The van der Waals surface area contributed by atoms with Gasteiger partial charge >= 0.3 is 6.18 Å². The molecule has 11 heteroatoms. The lowest BCUT2D eigenvalue weighted by atomic mass is 9.70. The number of likely N-dealkylation sites (tertiary alicyclic amines) is 1. The van der Waals surface area contributed by atoms with Gasteiger partial charge in [-0.05, 0) is 49.1 Å². The minimum Gasteiger partial charge on any atom is -0.391 e. The molecule has 8 nitrogen and oxygen atoms in total. The van der Waals surface area contributed by atoms with Crippen LogP contribution >= 0.6 is 0 Å². The summed E-state index contributed by atoms with van der Waals surface area (Å²) in [4.78, 5) is 28.9. The molecule has 1 aromatic carbocycles. The van der Waals surface area contributed by atoms with Crippen LogP contribution in [0, 0.1) is 5.41 Å². The van der Waals surface area contributed by atoms with Crippen LogP contribution in [0.25, 0.3) is 0 Å². The number of aromatic nitrogens is 3. The van der Waals surface area contributed by atoms with Crippen molar-refractivity contribution in [3.63, 3.8) is 0 Å². The molecule has 1 aromatic heterocycles. The SMILES string of the molecule is CC(C)(C)[C@@H](C(=O)N1CC(O)CC1C(=O)NC1(c2ccccc2C(F)(F)F)CCC1)n1cc(C2CC2)nn1. The monoisotopic (exact) mass is 533 g/mol. The summed E-state index contributed by atoms with van der Waals surface area (Å²) >= 11 is 0. The molecule has 2 aliphatic carbocycles. The third-order valence-corrected chi connectivity index (χ3v) is 8.02. The normalized spacial score (nSPS) is 24.1. The average Bonchev–Trinajstić information content (AvgIpc) is 3.41. The molecule has 1 saturated heterocycles. The molecule has 3 aliphatic rings. The van der Waals surface area contributed by atoms with Gasteiger partial charge in [-0.3, -0.25) is 9.59 Å². The third kappa shape index (κ3) is 4.92. The van der Waals surface area contributed by atoms with E-state index in [0.717, 1.165) is 24.6 Å². The maximum atomic E-state index is 13.9. The van der Waals surface area contributed by atoms with E-state index in [2.05, 4.69) is 15.6 Å². The highest BCUT2D eigenvalue weighted by Crippen LogP contribution is 2.47. The van der Waals surface area contributed by atoms with Crippen LogP contribution in [-0.2, 0) is 21.3 Å². The number of aliphatic hydroxyl groups excluding tert-OH is 1. The van der Waals surface area contributed by atoms with Crippen molar-refractivity contribution in [2.75, 3.05) is 6.54 Å². The van der Waals surface area contributed by atoms with Gasteiger partial charge in [0.05, 0.1) is 22.9 Å². The number of alkyl halides is 3. The van der Waals surface area contributed by atoms with Gasteiger partial charge in [0.1, 0.15) is 12.1 Å². The summed E-state index contributed by atoms with van der Waals surface area (Å²) < 4.78 is 42.9. The van der Waals surface area contributed by atoms with Crippen molar-refractivity contribution in [1.82, 2.24) is 25.2 Å². The Hall–Kier alpha value is -2.95. The first-order valence-electron chi connectivity index (χ1n) is 13.2. The molecule has 2 amide bonds. The van der Waals surface area contributed by atoms with Crippen molar-refractivity contribution in [3.8, 4) is 0 Å². The molecule has 0 spiro atoms. The third-order valence-electron chi connectivity index (χ3n) is 8.02. The predicted octanol–water partition coefficient (Wildman–Crippen LogP) is 3.92. The van der Waals surface area contributed by atoms with E-state index >= 15 is 0 Å². The first-order valence-corrected chi connectivity index (χ1v) is 13.2. The highest BCUT2D eigenvalue weighted by atomic mass is 19.4. The topological polar surface area (TPSA) is 100 Å². The Morgan fingerprint density at radius 3 is 2.42 bits per heavy atom. The van der Waals surface area contributed by atoms with Crippen LogP contribution in [0.3, 0.4) is 0 Å². The summed E-state index contributed by atoms with van der Waals surface area (Å²) in [6, 6.07) is 3.52. The number of halogens is 3.